The summed E-state index contributed by atoms with van der Waals surface area (Å²) in [7, 11) is 0. The minimum Gasteiger partial charge on any atom is -0.462 e. The molecule has 0 radical (unpaired) electrons. The van der Waals surface area contributed by atoms with Crippen molar-refractivity contribution in [2.24, 2.45) is 0 Å². The summed E-state index contributed by atoms with van der Waals surface area (Å²) in [5, 5.41) is 1.25. The van der Waals surface area contributed by atoms with E-state index in [1.165, 1.54) is 0 Å². The Kier molecular flexibility index (Phi) is 7.05. The van der Waals surface area contributed by atoms with Gasteiger partial charge in [-0.2, -0.15) is 4.98 Å². The molecule has 1 aromatic heterocycles. The monoisotopic (exact) mass is 489 g/mol. The maximum Gasteiger partial charge on any atom is 0.410 e. The Labute approximate surface area is 204 Å². The van der Waals surface area contributed by atoms with Gasteiger partial charge in [0.05, 0.1) is 23.6 Å². The Bertz CT molecular complexity index is 1140. The predicted octanol–water partition coefficient (Wildman–Crippen LogP) is 6.56. The number of nitrogens with zero attached hydrogens (tertiary/aromatic N) is 3. The quantitative estimate of drug-likeness (QED) is 0.407. The molecule has 0 spiro atoms. The molecule has 176 valence electrons. The lowest BCUT2D eigenvalue weighted by Crippen LogP contribution is -2.48. The van der Waals surface area contributed by atoms with Crippen molar-refractivity contribution in [2.75, 3.05) is 13.2 Å². The fourth-order valence-electron chi connectivity index (χ4n) is 4.06. The molecule has 0 N–H and O–H groups in total. The van der Waals surface area contributed by atoms with Crippen LogP contribution in [-0.4, -0.2) is 45.3 Å². The van der Waals surface area contributed by atoms with Gasteiger partial charge in [0, 0.05) is 16.6 Å². The van der Waals surface area contributed by atoms with Gasteiger partial charge in [0.15, 0.2) is 0 Å². The summed E-state index contributed by atoms with van der Waals surface area (Å²) in [4.78, 5) is 19.2. The molecule has 0 unspecified atom stereocenters. The molecule has 1 aliphatic heterocycles. The number of imidazole rings is 1. The maximum absolute atomic E-state index is 12.8. The van der Waals surface area contributed by atoms with Gasteiger partial charge in [-0.05, 0) is 75.9 Å². The van der Waals surface area contributed by atoms with Crippen LogP contribution in [0.5, 0.6) is 6.01 Å². The smallest absolute Gasteiger partial charge is 0.410 e. The Morgan fingerprint density at radius 1 is 1.15 bits per heavy atom. The molecule has 0 bridgehead atoms. The number of aromatic nitrogens is 2. The zero-order valence-electron chi connectivity index (χ0n) is 19.2. The lowest BCUT2D eigenvalue weighted by atomic mass is 10.0. The van der Waals surface area contributed by atoms with Crippen LogP contribution in [0.15, 0.2) is 42.5 Å². The molecule has 1 amide bonds. The van der Waals surface area contributed by atoms with E-state index in [4.69, 9.17) is 37.7 Å². The summed E-state index contributed by atoms with van der Waals surface area (Å²) in [5.41, 5.74) is 2.11. The molecular formula is C25H29Cl2N3O3. The molecule has 1 fully saturated rings. The molecule has 2 heterocycles. The molecular weight excluding hydrogens is 461 g/mol. The number of hydrogen-bond donors (Lipinski definition) is 0. The zero-order chi connectivity index (χ0) is 23.6. The van der Waals surface area contributed by atoms with Crippen molar-refractivity contribution < 1.29 is 14.3 Å². The van der Waals surface area contributed by atoms with Crippen molar-refractivity contribution in [3.63, 3.8) is 0 Å². The first-order chi connectivity index (χ1) is 15.7. The highest BCUT2D eigenvalue weighted by molar-refractivity contribution is 6.33. The second-order valence-electron chi connectivity index (χ2n) is 9.34. The molecule has 33 heavy (non-hydrogen) atoms. The van der Waals surface area contributed by atoms with Crippen LogP contribution >= 0.6 is 23.2 Å². The zero-order valence-corrected chi connectivity index (χ0v) is 20.7. The fourth-order valence-corrected chi connectivity index (χ4v) is 4.43. The number of rotatable bonds is 5. The van der Waals surface area contributed by atoms with Crippen LogP contribution in [0.2, 0.25) is 10.0 Å². The predicted molar refractivity (Wildman–Crippen MR) is 131 cm³/mol. The normalized spacial score (nSPS) is 16.8. The van der Waals surface area contributed by atoms with Crippen LogP contribution in [0.25, 0.3) is 11.0 Å². The van der Waals surface area contributed by atoms with Crippen LogP contribution in [0.1, 0.15) is 45.6 Å². The minimum atomic E-state index is -0.538. The highest BCUT2D eigenvalue weighted by Gasteiger charge is 2.31. The second kappa shape index (κ2) is 9.82. The molecule has 1 atom stereocenters. The van der Waals surface area contributed by atoms with Gasteiger partial charge in [0.25, 0.3) is 6.01 Å². The summed E-state index contributed by atoms with van der Waals surface area (Å²) in [6, 6.07) is 13.7. The van der Waals surface area contributed by atoms with Crippen molar-refractivity contribution in [3.05, 3.63) is 58.1 Å². The largest absolute Gasteiger partial charge is 0.462 e. The average Bonchev–Trinajstić information content (AvgIpc) is 3.11. The number of piperidine rings is 1. The van der Waals surface area contributed by atoms with E-state index in [1.807, 2.05) is 55.7 Å². The number of fused-ring (bicyclic) bond motifs is 1. The van der Waals surface area contributed by atoms with E-state index >= 15 is 0 Å². The van der Waals surface area contributed by atoms with Crippen LogP contribution in [0.3, 0.4) is 0 Å². The maximum atomic E-state index is 12.8. The number of likely N-dealkylation sites (tertiary alicyclic amines) is 1. The third-order valence-corrected chi connectivity index (χ3v) is 6.22. The van der Waals surface area contributed by atoms with Gasteiger partial charge in [-0.15, -0.1) is 0 Å². The van der Waals surface area contributed by atoms with Crippen LogP contribution in [-0.2, 0) is 11.3 Å². The van der Waals surface area contributed by atoms with Crippen LogP contribution in [0.4, 0.5) is 4.79 Å². The van der Waals surface area contributed by atoms with E-state index in [2.05, 4.69) is 0 Å². The van der Waals surface area contributed by atoms with Gasteiger partial charge in [0.1, 0.15) is 12.2 Å². The van der Waals surface area contributed by atoms with E-state index in [0.29, 0.717) is 35.8 Å². The first kappa shape index (κ1) is 23.7. The molecule has 0 aliphatic carbocycles. The topological polar surface area (TPSA) is 56.6 Å². The highest BCUT2D eigenvalue weighted by Crippen LogP contribution is 2.28. The van der Waals surface area contributed by atoms with Crippen molar-refractivity contribution >= 4 is 40.3 Å². The van der Waals surface area contributed by atoms with Gasteiger partial charge >= 0.3 is 6.09 Å². The molecule has 4 rings (SSSR count). The summed E-state index contributed by atoms with van der Waals surface area (Å²) >= 11 is 12.6. The summed E-state index contributed by atoms with van der Waals surface area (Å²) < 4.78 is 13.9. The fraction of sp³-hybridized carbons (Fsp3) is 0.440. The van der Waals surface area contributed by atoms with Crippen LogP contribution < -0.4 is 4.74 Å². The number of hydrogen-bond acceptors (Lipinski definition) is 4. The van der Waals surface area contributed by atoms with E-state index in [-0.39, 0.29) is 12.1 Å². The minimum absolute atomic E-state index is 0.0726. The van der Waals surface area contributed by atoms with Gasteiger partial charge in [-0.1, -0.05) is 35.3 Å². The Morgan fingerprint density at radius 2 is 1.94 bits per heavy atom. The second-order valence-corrected chi connectivity index (χ2v) is 10.2. The van der Waals surface area contributed by atoms with E-state index < -0.39 is 5.60 Å². The standard InChI is InChI=1S/C25H29Cl2N3O3/c1-25(2,3)33-24(31)29-13-7-6-8-19(29)16-32-23-28-21-9-4-5-10-22(21)30(23)15-17-14-18(26)11-12-20(17)27/h4-5,9-12,14,19H,6-8,13,15-16H2,1-3H3/t19-/m1/s1. The average molecular weight is 490 g/mol. The van der Waals surface area contributed by atoms with Gasteiger partial charge < -0.3 is 14.4 Å². The van der Waals surface area contributed by atoms with E-state index in [0.717, 1.165) is 35.9 Å². The first-order valence-corrected chi connectivity index (χ1v) is 12.0. The number of ether oxygens (including phenoxy) is 2. The molecule has 1 saturated heterocycles. The SMILES string of the molecule is CC(C)(C)OC(=O)N1CCCC[C@@H]1COc1nc2ccccc2n1Cc1cc(Cl)ccc1Cl. The van der Waals surface area contributed by atoms with Gasteiger partial charge in [-0.3, -0.25) is 4.57 Å². The third kappa shape index (κ3) is 5.74. The lowest BCUT2D eigenvalue weighted by molar-refractivity contribution is 0.00290. The lowest BCUT2D eigenvalue weighted by Gasteiger charge is -2.36. The number of benzene rings is 2. The number of carbonyl (C=O) groups excluding carboxylic acids is 1. The van der Waals surface area contributed by atoms with E-state index in [1.54, 1.807) is 17.0 Å². The molecule has 8 heteroatoms. The van der Waals surface area contributed by atoms with Gasteiger partial charge in [-0.25, -0.2) is 4.79 Å². The number of carbonyl (C=O) groups is 1. The molecule has 1 aliphatic rings. The Hall–Kier alpha value is -2.44. The summed E-state index contributed by atoms with van der Waals surface area (Å²) in [6.07, 6.45) is 2.57. The van der Waals surface area contributed by atoms with Crippen molar-refractivity contribution in [3.8, 4) is 6.01 Å². The van der Waals surface area contributed by atoms with Crippen molar-refractivity contribution in [2.45, 2.75) is 58.2 Å². The molecule has 3 aromatic rings. The highest BCUT2D eigenvalue weighted by atomic mass is 35.5. The Balaban J connectivity index is 1.57. The molecule has 2 aromatic carbocycles. The molecule has 0 saturated carbocycles. The number of halogens is 2. The van der Waals surface area contributed by atoms with Crippen molar-refractivity contribution in [1.82, 2.24) is 14.5 Å². The summed E-state index contributed by atoms with van der Waals surface area (Å²) in [6.45, 7) is 7.11. The summed E-state index contributed by atoms with van der Waals surface area (Å²) in [5.74, 6) is 0. The number of para-hydroxylation sites is 2. The van der Waals surface area contributed by atoms with E-state index in [9.17, 15) is 4.79 Å². The number of amides is 1. The third-order valence-electron chi connectivity index (χ3n) is 5.62. The van der Waals surface area contributed by atoms with Crippen LogP contribution in [0, 0.1) is 0 Å². The first-order valence-electron chi connectivity index (χ1n) is 11.2. The Morgan fingerprint density at radius 3 is 2.73 bits per heavy atom. The molecule has 6 nitrogen and oxygen atoms in total. The van der Waals surface area contributed by atoms with Crippen molar-refractivity contribution in [1.29, 1.82) is 0 Å². The van der Waals surface area contributed by atoms with Gasteiger partial charge in [0.2, 0.25) is 0 Å².